The van der Waals surface area contributed by atoms with Crippen LogP contribution >= 0.6 is 0 Å². The van der Waals surface area contributed by atoms with Crippen molar-refractivity contribution in [3.05, 3.63) is 12.2 Å². The first-order valence-corrected chi connectivity index (χ1v) is 2.24. The number of rotatable bonds is 2. The van der Waals surface area contributed by atoms with E-state index in [9.17, 15) is 0 Å². The number of hydrogen-bond donors (Lipinski definition) is 2. The van der Waals surface area contributed by atoms with Crippen LogP contribution < -0.4 is 0 Å². The quantitative estimate of drug-likeness (QED) is 0.388. The van der Waals surface area contributed by atoms with Crippen molar-refractivity contribution in [3.8, 4) is 0 Å². The van der Waals surface area contributed by atoms with Crippen molar-refractivity contribution in [1.82, 2.24) is 0 Å². The van der Waals surface area contributed by atoms with E-state index in [1.807, 2.05) is 6.92 Å². The van der Waals surface area contributed by atoms with Crippen LogP contribution in [-0.4, -0.2) is 16.5 Å². The summed E-state index contributed by atoms with van der Waals surface area (Å²) in [7, 11) is 0. The number of hydrogen-bond acceptors (Lipinski definition) is 2. The van der Waals surface area contributed by atoms with Gasteiger partial charge in [0.2, 0.25) is 0 Å². The summed E-state index contributed by atoms with van der Waals surface area (Å²) in [6.45, 7) is 1.84. The number of aliphatic hydroxyl groups excluding tert-OH is 1. The van der Waals surface area contributed by atoms with E-state index in [1.165, 1.54) is 0 Å². The summed E-state index contributed by atoms with van der Waals surface area (Å²) >= 11 is 0. The summed E-state index contributed by atoms with van der Waals surface area (Å²) in [5.74, 6) is 0. The van der Waals surface area contributed by atoms with Crippen LogP contribution in [0.15, 0.2) is 12.2 Å². The van der Waals surface area contributed by atoms with Crippen molar-refractivity contribution in [3.63, 3.8) is 0 Å². The first-order valence-electron chi connectivity index (χ1n) is 2.24. The molecule has 0 unspecified atom stereocenters. The van der Waals surface area contributed by atoms with Crippen LogP contribution in [0.1, 0.15) is 13.3 Å². The average molecular weight is 102 g/mol. The van der Waals surface area contributed by atoms with Gasteiger partial charge in [0.15, 0.2) is 6.29 Å². The molecule has 0 aliphatic carbocycles. The second kappa shape index (κ2) is 3.84. The van der Waals surface area contributed by atoms with E-state index in [-0.39, 0.29) is 0 Å². The van der Waals surface area contributed by atoms with Crippen LogP contribution in [0.5, 0.6) is 0 Å². The second-order valence-electron chi connectivity index (χ2n) is 1.29. The molecule has 7 heavy (non-hydrogen) atoms. The van der Waals surface area contributed by atoms with Gasteiger partial charge in [-0.05, 0) is 6.92 Å². The maximum absolute atomic E-state index is 8.19. The third-order valence-electron chi connectivity index (χ3n) is 0.583. The van der Waals surface area contributed by atoms with Gasteiger partial charge in [0.1, 0.15) is 0 Å². The van der Waals surface area contributed by atoms with Crippen LogP contribution in [-0.2, 0) is 0 Å². The zero-order valence-corrected chi connectivity index (χ0v) is 4.33. The van der Waals surface area contributed by atoms with Gasteiger partial charge in [-0.25, -0.2) is 0 Å². The predicted molar refractivity (Wildman–Crippen MR) is 27.7 cm³/mol. The summed E-state index contributed by atoms with van der Waals surface area (Å²) in [5, 5.41) is 16.4. The smallest absolute Gasteiger partial charge is 0.154 e. The van der Waals surface area contributed by atoms with Gasteiger partial charge in [0.05, 0.1) is 0 Å². The molecule has 0 bridgehead atoms. The zero-order valence-electron chi connectivity index (χ0n) is 4.33. The lowest BCUT2D eigenvalue weighted by Gasteiger charge is -1.92. The van der Waals surface area contributed by atoms with E-state index in [4.69, 9.17) is 10.2 Å². The molecule has 0 aromatic rings. The van der Waals surface area contributed by atoms with E-state index >= 15 is 0 Å². The fraction of sp³-hybridized carbons (Fsp3) is 0.600. The Balaban J connectivity index is 2.97. The Hall–Kier alpha value is -0.340. The Morgan fingerprint density at radius 2 is 2.14 bits per heavy atom. The van der Waals surface area contributed by atoms with Crippen molar-refractivity contribution in [1.29, 1.82) is 0 Å². The van der Waals surface area contributed by atoms with Crippen LogP contribution in [0.25, 0.3) is 0 Å². The van der Waals surface area contributed by atoms with Crippen LogP contribution in [0.3, 0.4) is 0 Å². The van der Waals surface area contributed by atoms with Crippen molar-refractivity contribution in [2.24, 2.45) is 0 Å². The highest BCUT2D eigenvalue weighted by atomic mass is 16.5. The van der Waals surface area contributed by atoms with Crippen molar-refractivity contribution in [2.75, 3.05) is 0 Å². The molecule has 0 radical (unpaired) electrons. The molecule has 0 aliphatic heterocycles. The molecular weight excluding hydrogens is 92.1 g/mol. The minimum absolute atomic E-state index is 0.330. The fourth-order valence-electron chi connectivity index (χ4n) is 0.258. The average Bonchev–Trinajstić information content (AvgIpc) is 1.61. The Bertz CT molecular complexity index is 57.1. The Kier molecular flexibility index (Phi) is 3.65. The molecule has 0 rings (SSSR count). The number of allylic oxidation sites excluding steroid dienone is 1. The van der Waals surface area contributed by atoms with Crippen LogP contribution in [0.4, 0.5) is 0 Å². The topological polar surface area (TPSA) is 40.5 Å². The minimum atomic E-state index is -1.18. The molecular formula is C5H10O2. The van der Waals surface area contributed by atoms with E-state index in [1.54, 1.807) is 12.2 Å². The van der Waals surface area contributed by atoms with Gasteiger partial charge in [-0.15, -0.1) is 0 Å². The summed E-state index contributed by atoms with van der Waals surface area (Å²) in [6, 6.07) is 0. The van der Waals surface area contributed by atoms with Gasteiger partial charge in [0, 0.05) is 6.42 Å². The van der Waals surface area contributed by atoms with Crippen molar-refractivity contribution in [2.45, 2.75) is 19.6 Å². The zero-order chi connectivity index (χ0) is 5.70. The lowest BCUT2D eigenvalue weighted by molar-refractivity contribution is -0.0361. The van der Waals surface area contributed by atoms with Gasteiger partial charge in [-0.2, -0.15) is 0 Å². The molecule has 0 aromatic carbocycles. The molecule has 0 amide bonds. The Labute approximate surface area is 43.1 Å². The molecule has 0 saturated carbocycles. The van der Waals surface area contributed by atoms with E-state index in [0.717, 1.165) is 0 Å². The predicted octanol–water partition coefficient (Wildman–Crippen LogP) is 0.263. The van der Waals surface area contributed by atoms with Gasteiger partial charge in [-0.3, -0.25) is 0 Å². The standard InChI is InChI=1S/C5H10O2/c1-2-3-4-5(6)7/h2-3,5-7H,4H2,1H3/b3-2+. The summed E-state index contributed by atoms with van der Waals surface area (Å²) < 4.78 is 0. The summed E-state index contributed by atoms with van der Waals surface area (Å²) in [6.07, 6.45) is 2.62. The SMILES string of the molecule is C/C=C/CC(O)O. The maximum Gasteiger partial charge on any atom is 0.154 e. The van der Waals surface area contributed by atoms with Crippen molar-refractivity contribution >= 4 is 0 Å². The highest BCUT2D eigenvalue weighted by Gasteiger charge is 1.87. The molecule has 0 aliphatic rings. The summed E-state index contributed by atoms with van der Waals surface area (Å²) in [4.78, 5) is 0. The van der Waals surface area contributed by atoms with Gasteiger partial charge in [0.25, 0.3) is 0 Å². The van der Waals surface area contributed by atoms with Crippen molar-refractivity contribution < 1.29 is 10.2 Å². The van der Waals surface area contributed by atoms with Gasteiger partial charge in [-0.1, -0.05) is 12.2 Å². The van der Waals surface area contributed by atoms with Crippen LogP contribution in [0.2, 0.25) is 0 Å². The second-order valence-corrected chi connectivity index (χ2v) is 1.29. The Morgan fingerprint density at radius 1 is 1.57 bits per heavy atom. The fourth-order valence-corrected chi connectivity index (χ4v) is 0.258. The largest absolute Gasteiger partial charge is 0.368 e. The first-order chi connectivity index (χ1) is 3.27. The highest BCUT2D eigenvalue weighted by Crippen LogP contribution is 1.85. The molecule has 0 atom stereocenters. The lowest BCUT2D eigenvalue weighted by atomic mass is 10.4. The summed E-state index contributed by atoms with van der Waals surface area (Å²) in [5.41, 5.74) is 0. The van der Waals surface area contributed by atoms with E-state index in [0.29, 0.717) is 6.42 Å². The third-order valence-corrected chi connectivity index (χ3v) is 0.583. The lowest BCUT2D eigenvalue weighted by Crippen LogP contribution is -2.00. The van der Waals surface area contributed by atoms with Gasteiger partial charge < -0.3 is 10.2 Å². The molecule has 0 spiro atoms. The maximum atomic E-state index is 8.19. The molecule has 0 heterocycles. The molecule has 2 heteroatoms. The molecule has 0 saturated heterocycles. The highest BCUT2D eigenvalue weighted by molar-refractivity contribution is 4.76. The van der Waals surface area contributed by atoms with E-state index in [2.05, 4.69) is 0 Å². The molecule has 0 fully saturated rings. The normalized spacial score (nSPS) is 11.4. The first kappa shape index (κ1) is 6.66. The third kappa shape index (κ3) is 5.66. The molecule has 2 N–H and O–H groups in total. The molecule has 2 nitrogen and oxygen atoms in total. The molecule has 42 valence electrons. The van der Waals surface area contributed by atoms with Crippen LogP contribution in [0, 0.1) is 0 Å². The molecule has 0 aromatic heterocycles. The van der Waals surface area contributed by atoms with Gasteiger partial charge >= 0.3 is 0 Å². The monoisotopic (exact) mass is 102 g/mol. The number of aliphatic hydroxyl groups is 2. The Morgan fingerprint density at radius 3 is 2.29 bits per heavy atom. The minimum Gasteiger partial charge on any atom is -0.368 e. The van der Waals surface area contributed by atoms with E-state index < -0.39 is 6.29 Å².